The summed E-state index contributed by atoms with van der Waals surface area (Å²) in [5, 5.41) is 9.42. The SMILES string of the molecule is CCC(O)(c1ccc(Cl)cc1)P(=O)(OC)OC. The van der Waals surface area contributed by atoms with E-state index in [2.05, 4.69) is 0 Å². The molecule has 1 aromatic rings. The molecule has 0 bridgehead atoms. The van der Waals surface area contributed by atoms with Crippen LogP contribution in [0.5, 0.6) is 0 Å². The van der Waals surface area contributed by atoms with Crippen LogP contribution in [0, 0.1) is 0 Å². The molecule has 0 aliphatic heterocycles. The highest BCUT2D eigenvalue weighted by Crippen LogP contribution is 2.64. The van der Waals surface area contributed by atoms with Crippen LogP contribution in [-0.4, -0.2) is 19.3 Å². The van der Waals surface area contributed by atoms with Crippen molar-refractivity contribution in [3.63, 3.8) is 0 Å². The third kappa shape index (κ3) is 2.56. The fourth-order valence-electron chi connectivity index (χ4n) is 1.65. The Morgan fingerprint density at radius 2 is 1.76 bits per heavy atom. The topological polar surface area (TPSA) is 55.8 Å². The number of halogens is 1. The maximum atomic E-state index is 12.4. The highest BCUT2D eigenvalue weighted by Gasteiger charge is 2.48. The first-order valence-electron chi connectivity index (χ1n) is 5.13. The summed E-state index contributed by atoms with van der Waals surface area (Å²) in [6.45, 7) is 1.71. The summed E-state index contributed by atoms with van der Waals surface area (Å²) in [6.07, 6.45) is 0.202. The molecule has 0 radical (unpaired) electrons. The van der Waals surface area contributed by atoms with Gasteiger partial charge < -0.3 is 14.2 Å². The Kier molecular flexibility index (Phi) is 4.76. The molecule has 1 rings (SSSR count). The predicted molar refractivity (Wildman–Crippen MR) is 67.3 cm³/mol. The summed E-state index contributed by atoms with van der Waals surface area (Å²) in [6, 6.07) is 6.45. The zero-order valence-corrected chi connectivity index (χ0v) is 11.7. The second-order valence-corrected chi connectivity index (χ2v) is 6.44. The van der Waals surface area contributed by atoms with Crippen molar-refractivity contribution in [3.05, 3.63) is 34.9 Å². The molecule has 0 amide bonds. The molecule has 0 saturated heterocycles. The zero-order valence-electron chi connectivity index (χ0n) is 10.0. The monoisotopic (exact) mass is 278 g/mol. The number of hydrogen-bond acceptors (Lipinski definition) is 4. The zero-order chi connectivity index (χ0) is 13.1. The molecular formula is C11H16ClO4P. The van der Waals surface area contributed by atoms with Gasteiger partial charge in [0.1, 0.15) is 0 Å². The van der Waals surface area contributed by atoms with Crippen LogP contribution in [0.4, 0.5) is 0 Å². The van der Waals surface area contributed by atoms with Crippen molar-refractivity contribution in [2.24, 2.45) is 0 Å². The van der Waals surface area contributed by atoms with Gasteiger partial charge in [-0.1, -0.05) is 30.7 Å². The van der Waals surface area contributed by atoms with E-state index in [1.54, 1.807) is 31.2 Å². The first-order valence-corrected chi connectivity index (χ1v) is 7.05. The van der Waals surface area contributed by atoms with E-state index in [1.165, 1.54) is 14.2 Å². The van der Waals surface area contributed by atoms with E-state index in [1.807, 2.05) is 0 Å². The Morgan fingerprint density at radius 1 is 1.29 bits per heavy atom. The van der Waals surface area contributed by atoms with Crippen LogP contribution in [0.1, 0.15) is 18.9 Å². The lowest BCUT2D eigenvalue weighted by Crippen LogP contribution is -2.26. The first kappa shape index (κ1) is 14.7. The van der Waals surface area contributed by atoms with Gasteiger partial charge in [0, 0.05) is 19.2 Å². The third-order valence-electron chi connectivity index (χ3n) is 2.73. The van der Waals surface area contributed by atoms with Crippen molar-refractivity contribution in [1.29, 1.82) is 0 Å². The van der Waals surface area contributed by atoms with E-state index in [0.29, 0.717) is 10.6 Å². The molecule has 96 valence electrons. The standard InChI is InChI=1S/C11H16ClO4P/c1-4-11(13,17(14,15-2)16-3)9-5-7-10(12)8-6-9/h5-8,13H,4H2,1-3H3. The van der Waals surface area contributed by atoms with Gasteiger partial charge in [-0.05, 0) is 24.1 Å². The smallest absolute Gasteiger partial charge is 0.365 e. The van der Waals surface area contributed by atoms with Crippen molar-refractivity contribution >= 4 is 19.2 Å². The minimum absolute atomic E-state index is 0.202. The lowest BCUT2D eigenvalue weighted by molar-refractivity contribution is 0.0730. The van der Waals surface area contributed by atoms with E-state index < -0.39 is 12.9 Å². The van der Waals surface area contributed by atoms with Gasteiger partial charge in [-0.2, -0.15) is 0 Å². The quantitative estimate of drug-likeness (QED) is 0.839. The van der Waals surface area contributed by atoms with Gasteiger partial charge in [-0.25, -0.2) is 0 Å². The third-order valence-corrected chi connectivity index (χ3v) is 5.43. The molecule has 0 fully saturated rings. The molecule has 17 heavy (non-hydrogen) atoms. The van der Waals surface area contributed by atoms with Gasteiger partial charge in [-0.3, -0.25) is 4.57 Å². The van der Waals surface area contributed by atoms with E-state index in [0.717, 1.165) is 0 Å². The van der Waals surface area contributed by atoms with Crippen LogP contribution in [0.25, 0.3) is 0 Å². The number of rotatable bonds is 5. The molecular weight excluding hydrogens is 263 g/mol. The van der Waals surface area contributed by atoms with E-state index >= 15 is 0 Å². The Morgan fingerprint density at radius 3 is 2.12 bits per heavy atom. The minimum atomic E-state index is -3.63. The molecule has 1 aromatic carbocycles. The maximum Gasteiger partial charge on any atom is 0.365 e. The molecule has 0 spiro atoms. The molecule has 1 unspecified atom stereocenters. The van der Waals surface area contributed by atoms with Gasteiger partial charge in [-0.15, -0.1) is 0 Å². The summed E-state index contributed by atoms with van der Waals surface area (Å²) in [7, 11) is -1.13. The Labute approximate surface area is 106 Å². The number of benzene rings is 1. The van der Waals surface area contributed by atoms with Crippen molar-refractivity contribution in [1.82, 2.24) is 0 Å². The Balaban J connectivity index is 3.29. The van der Waals surface area contributed by atoms with Crippen LogP contribution in [-0.2, 0) is 19.0 Å². The molecule has 0 aliphatic carbocycles. The fourth-order valence-corrected chi connectivity index (χ4v) is 3.38. The lowest BCUT2D eigenvalue weighted by Gasteiger charge is -2.32. The number of hydrogen-bond donors (Lipinski definition) is 1. The molecule has 0 heterocycles. The van der Waals surface area contributed by atoms with Crippen molar-refractivity contribution in [2.45, 2.75) is 18.7 Å². The van der Waals surface area contributed by atoms with Gasteiger partial charge >= 0.3 is 7.60 Å². The van der Waals surface area contributed by atoms with Gasteiger partial charge in [0.15, 0.2) is 5.34 Å². The van der Waals surface area contributed by atoms with Crippen LogP contribution in [0.15, 0.2) is 24.3 Å². The maximum absolute atomic E-state index is 12.4. The fraction of sp³-hybridized carbons (Fsp3) is 0.455. The molecule has 0 aliphatic rings. The molecule has 0 aromatic heterocycles. The first-order chi connectivity index (χ1) is 7.93. The summed E-state index contributed by atoms with van der Waals surface area (Å²) < 4.78 is 22.1. The molecule has 1 N–H and O–H groups in total. The van der Waals surface area contributed by atoms with Gasteiger partial charge in [0.25, 0.3) is 0 Å². The summed E-state index contributed by atoms with van der Waals surface area (Å²) in [4.78, 5) is 0. The van der Waals surface area contributed by atoms with Crippen LogP contribution in [0.2, 0.25) is 5.02 Å². The summed E-state index contributed by atoms with van der Waals surface area (Å²) >= 11 is 5.77. The lowest BCUT2D eigenvalue weighted by atomic mass is 10.1. The average molecular weight is 279 g/mol. The number of aliphatic hydroxyl groups is 1. The van der Waals surface area contributed by atoms with Crippen molar-refractivity contribution in [2.75, 3.05) is 14.2 Å². The molecule has 4 nitrogen and oxygen atoms in total. The van der Waals surface area contributed by atoms with Crippen LogP contribution < -0.4 is 0 Å². The Bertz CT molecular complexity index is 412. The van der Waals surface area contributed by atoms with E-state index in [4.69, 9.17) is 20.6 Å². The minimum Gasteiger partial charge on any atom is -0.373 e. The molecule has 1 atom stereocenters. The van der Waals surface area contributed by atoms with Crippen molar-refractivity contribution in [3.8, 4) is 0 Å². The molecule has 6 heteroatoms. The highest BCUT2D eigenvalue weighted by atomic mass is 35.5. The second-order valence-electron chi connectivity index (χ2n) is 3.54. The van der Waals surface area contributed by atoms with Crippen LogP contribution >= 0.6 is 19.2 Å². The van der Waals surface area contributed by atoms with Gasteiger partial charge in [0.05, 0.1) is 0 Å². The predicted octanol–water partition coefficient (Wildman–Crippen LogP) is 3.38. The normalized spacial score (nSPS) is 15.6. The molecule has 0 saturated carbocycles. The second kappa shape index (κ2) is 5.51. The summed E-state index contributed by atoms with van der Waals surface area (Å²) in [5.74, 6) is 0. The van der Waals surface area contributed by atoms with Crippen molar-refractivity contribution < 1.29 is 18.7 Å². The van der Waals surface area contributed by atoms with Gasteiger partial charge in [0.2, 0.25) is 0 Å². The highest BCUT2D eigenvalue weighted by molar-refractivity contribution is 7.54. The van der Waals surface area contributed by atoms with E-state index in [-0.39, 0.29) is 6.42 Å². The Hall–Kier alpha value is -0.380. The average Bonchev–Trinajstić information content (AvgIpc) is 2.37. The van der Waals surface area contributed by atoms with Crippen LogP contribution in [0.3, 0.4) is 0 Å². The summed E-state index contributed by atoms with van der Waals surface area (Å²) in [5.41, 5.74) is 0.455. The van der Waals surface area contributed by atoms with E-state index in [9.17, 15) is 9.67 Å². The largest absolute Gasteiger partial charge is 0.373 e.